The van der Waals surface area contributed by atoms with E-state index in [1.165, 1.54) is 0 Å². The Balaban J connectivity index is 2.13. The molecule has 2 aromatic rings. The molecule has 0 fully saturated rings. The minimum absolute atomic E-state index is 0.626. The summed E-state index contributed by atoms with van der Waals surface area (Å²) in [6.07, 6.45) is 0.834. The van der Waals surface area contributed by atoms with Crippen molar-refractivity contribution in [2.24, 2.45) is 7.05 Å². The van der Waals surface area contributed by atoms with Gasteiger partial charge in [-0.3, -0.25) is 4.68 Å². The summed E-state index contributed by atoms with van der Waals surface area (Å²) in [5, 5.41) is 8.49. The molecule has 108 valence electrons. The van der Waals surface area contributed by atoms with Crippen LogP contribution in [0.25, 0.3) is 0 Å². The third-order valence-corrected chi connectivity index (χ3v) is 4.17. The van der Waals surface area contributed by atoms with Crippen molar-refractivity contribution in [2.75, 3.05) is 12.4 Å². The van der Waals surface area contributed by atoms with Crippen LogP contribution in [0.2, 0.25) is 5.02 Å². The first-order valence-electron chi connectivity index (χ1n) is 6.34. The highest BCUT2D eigenvalue weighted by Crippen LogP contribution is 2.28. The van der Waals surface area contributed by atoms with Crippen molar-refractivity contribution in [1.29, 1.82) is 0 Å². The smallest absolute Gasteiger partial charge is 0.133 e. The molecule has 0 radical (unpaired) electrons. The Hall–Kier alpha value is -1.20. The number of aryl methyl sites for hydroxylation is 2. The van der Waals surface area contributed by atoms with Gasteiger partial charge in [0.15, 0.2) is 0 Å². The van der Waals surface area contributed by atoms with Crippen molar-refractivity contribution < 1.29 is 4.74 Å². The Morgan fingerprint density at radius 2 is 2.20 bits per heavy atom. The maximum atomic E-state index is 6.32. The van der Waals surface area contributed by atoms with Crippen LogP contribution in [0.1, 0.15) is 18.3 Å². The topological polar surface area (TPSA) is 39.1 Å². The van der Waals surface area contributed by atoms with Crippen LogP contribution in [-0.4, -0.2) is 16.9 Å². The Kier molecular flexibility index (Phi) is 4.94. The van der Waals surface area contributed by atoms with Crippen LogP contribution < -0.4 is 10.1 Å². The first-order valence-corrected chi connectivity index (χ1v) is 7.51. The molecule has 0 spiro atoms. The Morgan fingerprint density at radius 3 is 2.75 bits per heavy atom. The van der Waals surface area contributed by atoms with Crippen molar-refractivity contribution >= 4 is 33.2 Å². The molecule has 2 rings (SSSR count). The number of halogens is 2. The molecule has 20 heavy (non-hydrogen) atoms. The van der Waals surface area contributed by atoms with E-state index in [1.54, 1.807) is 7.11 Å². The zero-order valence-corrected chi connectivity index (χ0v) is 14.0. The number of nitrogens with one attached hydrogen (secondary N) is 1. The van der Waals surface area contributed by atoms with Gasteiger partial charge in [0.25, 0.3) is 0 Å². The van der Waals surface area contributed by atoms with Gasteiger partial charge >= 0.3 is 0 Å². The Bertz CT molecular complexity index is 613. The minimum Gasteiger partial charge on any atom is -0.496 e. The van der Waals surface area contributed by atoms with Gasteiger partial charge in [0, 0.05) is 12.7 Å². The van der Waals surface area contributed by atoms with E-state index in [4.69, 9.17) is 16.3 Å². The van der Waals surface area contributed by atoms with Gasteiger partial charge in [-0.1, -0.05) is 18.5 Å². The number of rotatable bonds is 5. The van der Waals surface area contributed by atoms with Crippen LogP contribution in [-0.2, 0) is 20.0 Å². The van der Waals surface area contributed by atoms with Crippen molar-refractivity contribution in [2.45, 2.75) is 19.9 Å². The molecule has 1 heterocycles. The zero-order chi connectivity index (χ0) is 14.7. The van der Waals surface area contributed by atoms with Crippen LogP contribution in [0, 0.1) is 0 Å². The van der Waals surface area contributed by atoms with Crippen molar-refractivity contribution in [1.82, 2.24) is 9.78 Å². The summed E-state index contributed by atoms with van der Waals surface area (Å²) in [5.41, 5.74) is 2.91. The maximum Gasteiger partial charge on any atom is 0.133 e. The minimum atomic E-state index is 0.626. The average Bonchev–Trinajstić information content (AvgIpc) is 2.71. The fourth-order valence-electron chi connectivity index (χ4n) is 1.97. The number of methoxy groups -OCH3 is 1. The lowest BCUT2D eigenvalue weighted by Gasteiger charge is -2.09. The summed E-state index contributed by atoms with van der Waals surface area (Å²) < 4.78 is 7.95. The van der Waals surface area contributed by atoms with Crippen LogP contribution in [0.3, 0.4) is 0 Å². The molecule has 6 heteroatoms. The maximum absolute atomic E-state index is 6.32. The SMILES string of the molecule is CCc1nn(C)c(CNc2ccc(OC)c(Br)c2)c1Cl. The second kappa shape index (κ2) is 6.50. The number of nitrogens with zero attached hydrogens (tertiary/aromatic N) is 2. The molecule has 0 unspecified atom stereocenters. The van der Waals surface area contributed by atoms with E-state index in [1.807, 2.05) is 36.9 Å². The van der Waals surface area contributed by atoms with Gasteiger partial charge < -0.3 is 10.1 Å². The van der Waals surface area contributed by atoms with Crippen molar-refractivity contribution in [3.05, 3.63) is 39.1 Å². The van der Waals surface area contributed by atoms with Gasteiger partial charge in [0.1, 0.15) is 5.75 Å². The predicted molar refractivity (Wildman–Crippen MR) is 85.6 cm³/mol. The molecule has 0 aliphatic carbocycles. The highest BCUT2D eigenvalue weighted by Gasteiger charge is 2.12. The van der Waals surface area contributed by atoms with Gasteiger partial charge in [-0.2, -0.15) is 5.10 Å². The molecule has 4 nitrogen and oxygen atoms in total. The van der Waals surface area contributed by atoms with Crippen LogP contribution in [0.4, 0.5) is 5.69 Å². The monoisotopic (exact) mass is 357 g/mol. The van der Waals surface area contributed by atoms with E-state index in [0.717, 1.165) is 38.7 Å². The van der Waals surface area contributed by atoms with Crippen LogP contribution in [0.15, 0.2) is 22.7 Å². The van der Waals surface area contributed by atoms with Gasteiger partial charge in [-0.25, -0.2) is 0 Å². The fraction of sp³-hybridized carbons (Fsp3) is 0.357. The molecule has 1 aromatic heterocycles. The second-order valence-electron chi connectivity index (χ2n) is 4.39. The number of anilines is 1. The lowest BCUT2D eigenvalue weighted by atomic mass is 10.2. The zero-order valence-electron chi connectivity index (χ0n) is 11.7. The summed E-state index contributed by atoms with van der Waals surface area (Å²) in [4.78, 5) is 0. The molecular weight excluding hydrogens is 342 g/mol. The fourth-order valence-corrected chi connectivity index (χ4v) is 2.88. The molecule has 1 N–H and O–H groups in total. The highest BCUT2D eigenvalue weighted by molar-refractivity contribution is 9.10. The molecule has 0 atom stereocenters. The Labute approximate surface area is 132 Å². The van der Waals surface area contributed by atoms with Crippen molar-refractivity contribution in [3.8, 4) is 5.75 Å². The van der Waals surface area contributed by atoms with E-state index in [2.05, 4.69) is 26.3 Å². The number of aromatic nitrogens is 2. The molecule has 0 amide bonds. The van der Waals surface area contributed by atoms with Gasteiger partial charge in [-0.15, -0.1) is 0 Å². The first-order chi connectivity index (χ1) is 9.56. The standard InChI is InChI=1S/C14H17BrClN3O/c1-4-11-14(16)12(19(2)18-11)8-17-9-5-6-13(20-3)10(15)7-9/h5-7,17H,4,8H2,1-3H3. The largest absolute Gasteiger partial charge is 0.496 e. The average molecular weight is 359 g/mol. The summed E-state index contributed by atoms with van der Waals surface area (Å²) in [5.74, 6) is 0.808. The summed E-state index contributed by atoms with van der Waals surface area (Å²) in [7, 11) is 3.56. The lowest BCUT2D eigenvalue weighted by Crippen LogP contribution is -2.06. The molecule has 0 aliphatic heterocycles. The molecule has 0 bridgehead atoms. The van der Waals surface area contributed by atoms with E-state index < -0.39 is 0 Å². The second-order valence-corrected chi connectivity index (χ2v) is 5.62. The number of benzene rings is 1. The van der Waals surface area contributed by atoms with Crippen LogP contribution >= 0.6 is 27.5 Å². The number of hydrogen-bond donors (Lipinski definition) is 1. The van der Waals surface area contributed by atoms with Gasteiger partial charge in [-0.05, 0) is 40.5 Å². The van der Waals surface area contributed by atoms with Crippen LogP contribution in [0.5, 0.6) is 5.75 Å². The molecule has 0 saturated carbocycles. The van der Waals surface area contributed by atoms with E-state index in [9.17, 15) is 0 Å². The number of ether oxygens (including phenoxy) is 1. The summed E-state index contributed by atoms with van der Waals surface area (Å²) in [6, 6.07) is 5.85. The van der Waals surface area contributed by atoms with E-state index in [0.29, 0.717) is 6.54 Å². The highest BCUT2D eigenvalue weighted by atomic mass is 79.9. The summed E-state index contributed by atoms with van der Waals surface area (Å²) in [6.45, 7) is 2.67. The van der Waals surface area contributed by atoms with E-state index >= 15 is 0 Å². The molecule has 0 saturated heterocycles. The molecule has 0 aliphatic rings. The third kappa shape index (κ3) is 3.10. The third-order valence-electron chi connectivity index (χ3n) is 3.11. The summed E-state index contributed by atoms with van der Waals surface area (Å²) >= 11 is 9.79. The van der Waals surface area contributed by atoms with Crippen molar-refractivity contribution in [3.63, 3.8) is 0 Å². The first kappa shape index (κ1) is 15.2. The van der Waals surface area contributed by atoms with E-state index in [-0.39, 0.29) is 0 Å². The predicted octanol–water partition coefficient (Wildman–Crippen LogP) is 4.02. The molecule has 1 aromatic carbocycles. The molecular formula is C14H17BrClN3O. The van der Waals surface area contributed by atoms with Gasteiger partial charge in [0.05, 0.1) is 34.5 Å². The van der Waals surface area contributed by atoms with Gasteiger partial charge in [0.2, 0.25) is 0 Å². The number of hydrogen-bond acceptors (Lipinski definition) is 3. The normalized spacial score (nSPS) is 10.7. The Morgan fingerprint density at radius 1 is 1.45 bits per heavy atom. The lowest BCUT2D eigenvalue weighted by molar-refractivity contribution is 0.412. The quantitative estimate of drug-likeness (QED) is 0.877.